The third-order valence-corrected chi connectivity index (χ3v) is 4.02. The zero-order chi connectivity index (χ0) is 15.2. The molecule has 2 N–H and O–H groups in total. The highest BCUT2D eigenvalue weighted by Gasteiger charge is 2.18. The first-order valence-electron chi connectivity index (χ1n) is 7.51. The lowest BCUT2D eigenvalue weighted by atomic mass is 10.1. The van der Waals surface area contributed by atoms with E-state index in [1.54, 1.807) is 12.1 Å². The molecule has 1 aliphatic rings. The molecule has 5 nitrogen and oxygen atoms in total. The summed E-state index contributed by atoms with van der Waals surface area (Å²) in [5, 5.41) is 12.7. The number of methoxy groups -OCH3 is 1. The summed E-state index contributed by atoms with van der Waals surface area (Å²) >= 11 is 0. The zero-order valence-corrected chi connectivity index (χ0v) is 12.8. The van der Waals surface area contributed by atoms with E-state index < -0.39 is 0 Å². The fourth-order valence-electron chi connectivity index (χ4n) is 2.65. The van der Waals surface area contributed by atoms with Gasteiger partial charge in [0.2, 0.25) is 0 Å². The summed E-state index contributed by atoms with van der Waals surface area (Å²) in [6.07, 6.45) is 3.76. The molecule has 0 saturated carbocycles. The van der Waals surface area contributed by atoms with E-state index >= 15 is 0 Å². The van der Waals surface area contributed by atoms with Crippen LogP contribution >= 0.6 is 0 Å². The lowest BCUT2D eigenvalue weighted by Gasteiger charge is -2.32. The van der Waals surface area contributed by atoms with Crippen LogP contribution in [0.2, 0.25) is 0 Å². The normalized spacial score (nSPS) is 17.2. The number of benzene rings is 1. The number of nitrogens with one attached hydrogen (secondary N) is 1. The van der Waals surface area contributed by atoms with E-state index in [1.807, 2.05) is 0 Å². The molecule has 5 heteroatoms. The zero-order valence-electron chi connectivity index (χ0n) is 12.8. The number of hydrogen-bond donors (Lipinski definition) is 2. The molecular weight excluding hydrogens is 268 g/mol. The number of nitrogens with zero attached hydrogens (tertiary/aromatic N) is 1. The molecule has 1 unspecified atom stereocenters. The van der Waals surface area contributed by atoms with Gasteiger partial charge in [0.15, 0.2) is 0 Å². The predicted octanol–water partition coefficient (Wildman–Crippen LogP) is 2.00. The Morgan fingerprint density at radius 3 is 2.76 bits per heavy atom. The van der Waals surface area contributed by atoms with Gasteiger partial charge < -0.3 is 15.2 Å². The van der Waals surface area contributed by atoms with Crippen molar-refractivity contribution < 1.29 is 14.6 Å². The Bertz CT molecular complexity index is 484. The minimum absolute atomic E-state index is 0.0288. The monoisotopic (exact) mass is 292 g/mol. The van der Waals surface area contributed by atoms with E-state index in [4.69, 9.17) is 4.74 Å². The molecule has 0 aromatic heterocycles. The van der Waals surface area contributed by atoms with Crippen LogP contribution < -0.4 is 10.1 Å². The number of piperidine rings is 1. The summed E-state index contributed by atoms with van der Waals surface area (Å²) in [6, 6.07) is 4.96. The van der Waals surface area contributed by atoms with Crippen molar-refractivity contribution in [1.82, 2.24) is 10.2 Å². The Kier molecular flexibility index (Phi) is 5.44. The van der Waals surface area contributed by atoms with Gasteiger partial charge in [-0.05, 0) is 51.1 Å². The average Bonchev–Trinajstić information content (AvgIpc) is 2.53. The molecule has 1 atom stereocenters. The quantitative estimate of drug-likeness (QED) is 0.871. The summed E-state index contributed by atoms with van der Waals surface area (Å²) in [4.78, 5) is 14.6. The van der Waals surface area contributed by atoms with Gasteiger partial charge in [-0.1, -0.05) is 6.42 Å². The smallest absolute Gasteiger partial charge is 0.255 e. The second-order valence-electron chi connectivity index (χ2n) is 5.54. The summed E-state index contributed by atoms with van der Waals surface area (Å²) in [7, 11) is 1.53. The minimum Gasteiger partial charge on any atom is -0.507 e. The van der Waals surface area contributed by atoms with Crippen LogP contribution in [-0.2, 0) is 0 Å². The fraction of sp³-hybridized carbons (Fsp3) is 0.562. The first-order valence-corrected chi connectivity index (χ1v) is 7.51. The third-order valence-electron chi connectivity index (χ3n) is 4.02. The molecule has 0 spiro atoms. The number of likely N-dealkylation sites (tertiary alicyclic amines) is 1. The van der Waals surface area contributed by atoms with E-state index in [2.05, 4.69) is 17.1 Å². The Morgan fingerprint density at radius 2 is 2.10 bits per heavy atom. The lowest BCUT2D eigenvalue weighted by molar-refractivity contribution is 0.0927. The Hall–Kier alpha value is -1.75. The van der Waals surface area contributed by atoms with Crippen molar-refractivity contribution in [2.75, 3.05) is 26.7 Å². The first kappa shape index (κ1) is 15.6. The summed E-state index contributed by atoms with van der Waals surface area (Å²) in [5.74, 6) is 0.260. The molecule has 2 rings (SSSR count). The van der Waals surface area contributed by atoms with Crippen LogP contribution in [0.1, 0.15) is 36.5 Å². The molecule has 0 radical (unpaired) electrons. The van der Waals surface area contributed by atoms with E-state index in [0.29, 0.717) is 18.3 Å². The van der Waals surface area contributed by atoms with Crippen molar-refractivity contribution in [1.29, 1.82) is 0 Å². The highest BCUT2D eigenvalue weighted by molar-refractivity contribution is 5.97. The standard InChI is InChI=1S/C16H24N2O3/c1-12(18-8-4-3-5-9-18)11-17-16(20)14-10-13(21-2)6-7-15(14)19/h6-7,10,12,19H,3-5,8-9,11H2,1-2H3,(H,17,20). The highest BCUT2D eigenvalue weighted by Crippen LogP contribution is 2.22. The summed E-state index contributed by atoms with van der Waals surface area (Å²) in [5.41, 5.74) is 0.250. The highest BCUT2D eigenvalue weighted by atomic mass is 16.5. The second kappa shape index (κ2) is 7.31. The number of ether oxygens (including phenoxy) is 1. The van der Waals surface area contributed by atoms with Crippen molar-refractivity contribution in [2.24, 2.45) is 0 Å². The van der Waals surface area contributed by atoms with Crippen LogP contribution in [0.25, 0.3) is 0 Å². The van der Waals surface area contributed by atoms with E-state index in [1.165, 1.54) is 32.4 Å². The Labute approximate surface area is 125 Å². The van der Waals surface area contributed by atoms with E-state index in [-0.39, 0.29) is 17.2 Å². The van der Waals surface area contributed by atoms with Crippen LogP contribution in [0.3, 0.4) is 0 Å². The molecule has 1 fully saturated rings. The van der Waals surface area contributed by atoms with Gasteiger partial charge in [0.1, 0.15) is 11.5 Å². The number of hydrogen-bond acceptors (Lipinski definition) is 4. The van der Waals surface area contributed by atoms with Gasteiger partial charge in [-0.15, -0.1) is 0 Å². The Morgan fingerprint density at radius 1 is 1.38 bits per heavy atom. The molecule has 21 heavy (non-hydrogen) atoms. The number of amides is 1. The number of carbonyl (C=O) groups is 1. The van der Waals surface area contributed by atoms with Crippen LogP contribution in [0.4, 0.5) is 0 Å². The molecule has 0 bridgehead atoms. The van der Waals surface area contributed by atoms with E-state index in [9.17, 15) is 9.90 Å². The topological polar surface area (TPSA) is 61.8 Å². The van der Waals surface area contributed by atoms with Gasteiger partial charge in [-0.25, -0.2) is 0 Å². The average molecular weight is 292 g/mol. The number of carbonyl (C=O) groups excluding carboxylic acids is 1. The molecule has 116 valence electrons. The van der Waals surface area contributed by atoms with Crippen molar-refractivity contribution in [3.05, 3.63) is 23.8 Å². The summed E-state index contributed by atoms with van der Waals surface area (Å²) < 4.78 is 5.08. The first-order chi connectivity index (χ1) is 10.1. The molecule has 0 aliphatic carbocycles. The van der Waals surface area contributed by atoms with Crippen molar-refractivity contribution in [3.8, 4) is 11.5 Å². The molecule has 1 aromatic rings. The maximum Gasteiger partial charge on any atom is 0.255 e. The number of aromatic hydroxyl groups is 1. The molecule has 1 aromatic carbocycles. The van der Waals surface area contributed by atoms with Gasteiger partial charge in [-0.3, -0.25) is 9.69 Å². The number of phenols is 1. The SMILES string of the molecule is COc1ccc(O)c(C(=O)NCC(C)N2CCCCC2)c1. The van der Waals surface area contributed by atoms with Crippen LogP contribution in [-0.4, -0.2) is 48.7 Å². The second-order valence-corrected chi connectivity index (χ2v) is 5.54. The third kappa shape index (κ3) is 4.11. The van der Waals surface area contributed by atoms with Crippen molar-refractivity contribution in [3.63, 3.8) is 0 Å². The van der Waals surface area contributed by atoms with Crippen molar-refractivity contribution >= 4 is 5.91 Å². The maximum absolute atomic E-state index is 12.2. The predicted molar refractivity (Wildman–Crippen MR) is 81.9 cm³/mol. The largest absolute Gasteiger partial charge is 0.507 e. The van der Waals surface area contributed by atoms with E-state index in [0.717, 1.165) is 13.1 Å². The Balaban J connectivity index is 1.92. The van der Waals surface area contributed by atoms with Crippen molar-refractivity contribution in [2.45, 2.75) is 32.2 Å². The summed E-state index contributed by atoms with van der Waals surface area (Å²) in [6.45, 7) is 4.90. The van der Waals surface area contributed by atoms with Gasteiger partial charge in [0.05, 0.1) is 12.7 Å². The maximum atomic E-state index is 12.2. The van der Waals surface area contributed by atoms with Gasteiger partial charge in [0, 0.05) is 12.6 Å². The number of rotatable bonds is 5. The van der Waals surface area contributed by atoms with Gasteiger partial charge >= 0.3 is 0 Å². The van der Waals surface area contributed by atoms with Crippen LogP contribution in [0, 0.1) is 0 Å². The minimum atomic E-state index is -0.268. The molecule has 1 heterocycles. The fourth-order valence-corrected chi connectivity index (χ4v) is 2.65. The van der Waals surface area contributed by atoms with Gasteiger partial charge in [0.25, 0.3) is 5.91 Å². The molecule has 1 amide bonds. The lowest BCUT2D eigenvalue weighted by Crippen LogP contribution is -2.44. The molecule has 1 aliphatic heterocycles. The molecule has 1 saturated heterocycles. The van der Waals surface area contributed by atoms with Crippen LogP contribution in [0.15, 0.2) is 18.2 Å². The number of phenolic OH excluding ortho intramolecular Hbond substituents is 1. The van der Waals surface area contributed by atoms with Crippen LogP contribution in [0.5, 0.6) is 11.5 Å². The molecular formula is C16H24N2O3. The van der Waals surface area contributed by atoms with Gasteiger partial charge in [-0.2, -0.15) is 0 Å².